The van der Waals surface area contributed by atoms with E-state index in [-0.39, 0.29) is 0 Å². The molecule has 1 aromatic rings. The third kappa shape index (κ3) is 4.08. The number of hydrogen-bond donors (Lipinski definition) is 2. The van der Waals surface area contributed by atoms with E-state index < -0.39 is 0 Å². The van der Waals surface area contributed by atoms with Crippen molar-refractivity contribution >= 4 is 11.8 Å². The third-order valence-electron chi connectivity index (χ3n) is 3.71. The topological polar surface area (TPSA) is 49.8 Å². The smallest absolute Gasteiger partial charge is 0.224 e. The minimum absolute atomic E-state index is 0.461. The highest BCUT2D eigenvalue weighted by Gasteiger charge is 2.30. The van der Waals surface area contributed by atoms with Crippen molar-refractivity contribution in [2.45, 2.75) is 59.4 Å². The van der Waals surface area contributed by atoms with E-state index in [0.29, 0.717) is 11.5 Å². The first-order valence-corrected chi connectivity index (χ1v) is 7.34. The van der Waals surface area contributed by atoms with Gasteiger partial charge in [0.05, 0.1) is 0 Å². The maximum Gasteiger partial charge on any atom is 0.224 e. The van der Waals surface area contributed by atoms with Crippen molar-refractivity contribution in [3.8, 4) is 0 Å². The van der Waals surface area contributed by atoms with E-state index in [1.54, 1.807) is 0 Å². The lowest BCUT2D eigenvalue weighted by Crippen LogP contribution is -2.19. The van der Waals surface area contributed by atoms with Crippen LogP contribution in [0.1, 0.15) is 52.1 Å². The van der Waals surface area contributed by atoms with Crippen LogP contribution in [0, 0.1) is 12.3 Å². The maximum absolute atomic E-state index is 4.55. The molecule has 19 heavy (non-hydrogen) atoms. The van der Waals surface area contributed by atoms with Crippen LogP contribution < -0.4 is 10.6 Å². The van der Waals surface area contributed by atoms with Crippen molar-refractivity contribution in [2.24, 2.45) is 5.41 Å². The molecular formula is C15H26N4. The molecule has 1 heterocycles. The summed E-state index contributed by atoms with van der Waals surface area (Å²) in [5.41, 5.74) is 1.47. The summed E-state index contributed by atoms with van der Waals surface area (Å²) in [6, 6.07) is 2.57. The van der Waals surface area contributed by atoms with E-state index in [2.05, 4.69) is 41.4 Å². The van der Waals surface area contributed by atoms with E-state index in [1.807, 2.05) is 13.0 Å². The second-order valence-corrected chi connectivity index (χ2v) is 6.39. The Bertz CT molecular complexity index is 428. The van der Waals surface area contributed by atoms with Gasteiger partial charge in [0, 0.05) is 24.3 Å². The number of aromatic nitrogens is 2. The summed E-state index contributed by atoms with van der Waals surface area (Å²) in [5.74, 6) is 1.69. The van der Waals surface area contributed by atoms with Crippen molar-refractivity contribution in [3.05, 3.63) is 11.8 Å². The molecule has 1 saturated carbocycles. The molecule has 4 heteroatoms. The summed E-state index contributed by atoms with van der Waals surface area (Å²) in [6.45, 7) is 9.76. The van der Waals surface area contributed by atoms with Crippen LogP contribution >= 0.6 is 0 Å². The van der Waals surface area contributed by atoms with E-state index in [0.717, 1.165) is 30.4 Å². The Kier molecular flexibility index (Phi) is 4.27. The van der Waals surface area contributed by atoms with Gasteiger partial charge in [-0.25, -0.2) is 4.98 Å². The normalized spacial score (nSPS) is 21.4. The maximum atomic E-state index is 4.55. The van der Waals surface area contributed by atoms with Gasteiger partial charge in [-0.15, -0.1) is 0 Å². The molecule has 1 aliphatic carbocycles. The van der Waals surface area contributed by atoms with Crippen LogP contribution in [0.5, 0.6) is 0 Å². The van der Waals surface area contributed by atoms with Gasteiger partial charge in [-0.1, -0.05) is 20.8 Å². The fourth-order valence-corrected chi connectivity index (χ4v) is 2.73. The number of nitrogens with one attached hydrogen (secondary N) is 2. The molecular weight excluding hydrogens is 236 g/mol. The Hall–Kier alpha value is -1.32. The van der Waals surface area contributed by atoms with Crippen LogP contribution in [0.2, 0.25) is 0 Å². The molecule has 2 N–H and O–H groups in total. The van der Waals surface area contributed by atoms with Crippen LogP contribution in [0.15, 0.2) is 6.07 Å². The SMILES string of the molecule is CCCNc1nc(C)cc(NC2CCC(C)(C)C2)n1. The molecule has 1 atom stereocenters. The largest absolute Gasteiger partial charge is 0.367 e. The highest BCUT2D eigenvalue weighted by atomic mass is 15.1. The Morgan fingerprint density at radius 3 is 2.79 bits per heavy atom. The lowest BCUT2D eigenvalue weighted by molar-refractivity contribution is 0.378. The van der Waals surface area contributed by atoms with Crippen LogP contribution in [-0.2, 0) is 0 Å². The average molecular weight is 262 g/mol. The van der Waals surface area contributed by atoms with Gasteiger partial charge in [-0.2, -0.15) is 4.98 Å². The van der Waals surface area contributed by atoms with Gasteiger partial charge in [0.15, 0.2) is 0 Å². The molecule has 0 aliphatic heterocycles. The van der Waals surface area contributed by atoms with Gasteiger partial charge in [0.25, 0.3) is 0 Å². The molecule has 1 fully saturated rings. The van der Waals surface area contributed by atoms with Gasteiger partial charge < -0.3 is 10.6 Å². The average Bonchev–Trinajstić information content (AvgIpc) is 2.65. The monoisotopic (exact) mass is 262 g/mol. The molecule has 0 aromatic carbocycles. The standard InChI is InChI=1S/C15H26N4/c1-5-8-16-14-17-11(2)9-13(19-14)18-12-6-7-15(3,4)10-12/h9,12H,5-8,10H2,1-4H3,(H2,16,17,18,19). The summed E-state index contributed by atoms with van der Waals surface area (Å²) >= 11 is 0. The first-order chi connectivity index (χ1) is 8.98. The van der Waals surface area contributed by atoms with Crippen LogP contribution in [0.25, 0.3) is 0 Å². The number of anilines is 2. The predicted octanol–water partition coefficient (Wildman–Crippen LogP) is 3.60. The second-order valence-electron chi connectivity index (χ2n) is 6.39. The zero-order valence-electron chi connectivity index (χ0n) is 12.6. The van der Waals surface area contributed by atoms with Gasteiger partial charge >= 0.3 is 0 Å². The summed E-state index contributed by atoms with van der Waals surface area (Å²) in [5, 5.41) is 6.82. The van der Waals surface area contributed by atoms with Gasteiger partial charge in [-0.05, 0) is 38.0 Å². The Morgan fingerprint density at radius 1 is 1.37 bits per heavy atom. The molecule has 1 aromatic heterocycles. The fourth-order valence-electron chi connectivity index (χ4n) is 2.73. The van der Waals surface area contributed by atoms with Gasteiger partial charge in [0.1, 0.15) is 5.82 Å². The summed E-state index contributed by atoms with van der Waals surface area (Å²) < 4.78 is 0. The molecule has 1 aliphatic rings. The Balaban J connectivity index is 2.02. The van der Waals surface area contributed by atoms with Gasteiger partial charge in [-0.3, -0.25) is 0 Å². The molecule has 0 amide bonds. The summed E-state index contributed by atoms with van der Waals surface area (Å²) in [7, 11) is 0. The number of aryl methyl sites for hydroxylation is 1. The van der Waals surface area contributed by atoms with Gasteiger partial charge in [0.2, 0.25) is 5.95 Å². The first kappa shape index (κ1) is 14.1. The molecule has 1 unspecified atom stereocenters. The van der Waals surface area contributed by atoms with Crippen LogP contribution in [0.3, 0.4) is 0 Å². The van der Waals surface area contributed by atoms with Crippen molar-refractivity contribution in [1.82, 2.24) is 9.97 Å². The van der Waals surface area contributed by atoms with Crippen LogP contribution in [0.4, 0.5) is 11.8 Å². The lowest BCUT2D eigenvalue weighted by Gasteiger charge is -2.18. The van der Waals surface area contributed by atoms with E-state index in [1.165, 1.54) is 19.3 Å². The summed E-state index contributed by atoms with van der Waals surface area (Å²) in [6.07, 6.45) is 4.81. The molecule has 2 rings (SSSR count). The molecule has 0 saturated heterocycles. The number of rotatable bonds is 5. The highest BCUT2D eigenvalue weighted by molar-refractivity contribution is 5.43. The van der Waals surface area contributed by atoms with Crippen molar-refractivity contribution in [1.29, 1.82) is 0 Å². The molecule has 0 radical (unpaired) electrons. The fraction of sp³-hybridized carbons (Fsp3) is 0.733. The minimum atomic E-state index is 0.461. The highest BCUT2D eigenvalue weighted by Crippen LogP contribution is 2.38. The van der Waals surface area contributed by atoms with E-state index in [4.69, 9.17) is 0 Å². The predicted molar refractivity (Wildman–Crippen MR) is 80.6 cm³/mol. The van der Waals surface area contributed by atoms with Crippen molar-refractivity contribution < 1.29 is 0 Å². The zero-order valence-corrected chi connectivity index (χ0v) is 12.6. The minimum Gasteiger partial charge on any atom is -0.367 e. The van der Waals surface area contributed by atoms with Crippen LogP contribution in [-0.4, -0.2) is 22.6 Å². The molecule has 106 valence electrons. The Labute approximate surface area is 116 Å². The lowest BCUT2D eigenvalue weighted by atomic mass is 9.92. The Morgan fingerprint density at radius 2 is 2.16 bits per heavy atom. The molecule has 0 spiro atoms. The van der Waals surface area contributed by atoms with Crippen molar-refractivity contribution in [3.63, 3.8) is 0 Å². The number of hydrogen-bond acceptors (Lipinski definition) is 4. The number of nitrogens with zero attached hydrogens (tertiary/aromatic N) is 2. The van der Waals surface area contributed by atoms with E-state index in [9.17, 15) is 0 Å². The quantitative estimate of drug-likeness (QED) is 0.851. The van der Waals surface area contributed by atoms with E-state index >= 15 is 0 Å². The first-order valence-electron chi connectivity index (χ1n) is 7.34. The van der Waals surface area contributed by atoms with Crippen molar-refractivity contribution in [2.75, 3.05) is 17.2 Å². The molecule has 4 nitrogen and oxygen atoms in total. The zero-order chi connectivity index (χ0) is 13.9. The summed E-state index contributed by atoms with van der Waals surface area (Å²) in [4.78, 5) is 8.96. The third-order valence-corrected chi connectivity index (χ3v) is 3.71. The second kappa shape index (κ2) is 5.76. The molecule has 0 bridgehead atoms.